The van der Waals surface area contributed by atoms with Gasteiger partial charge in [-0.3, -0.25) is 4.72 Å². The Hall–Kier alpha value is -1.12. The second kappa shape index (κ2) is 7.77. The van der Waals surface area contributed by atoms with Crippen LogP contribution in [0.3, 0.4) is 0 Å². The molecule has 1 rings (SSSR count). The van der Waals surface area contributed by atoms with Crippen molar-refractivity contribution < 1.29 is 16.8 Å². The van der Waals surface area contributed by atoms with Gasteiger partial charge in [-0.25, -0.2) is 16.8 Å². The van der Waals surface area contributed by atoms with Gasteiger partial charge in [0.15, 0.2) is 9.84 Å². The van der Waals surface area contributed by atoms with Crippen LogP contribution in [0.5, 0.6) is 0 Å². The quantitative estimate of drug-likeness (QED) is 0.663. The van der Waals surface area contributed by atoms with Gasteiger partial charge in [-0.15, -0.1) is 0 Å². The maximum Gasteiger partial charge on any atom is 0.232 e. The fraction of sp³-hybridized carbons (Fsp3) is 0.538. The molecule has 120 valence electrons. The van der Waals surface area contributed by atoms with Crippen molar-refractivity contribution >= 4 is 25.5 Å². The smallest absolute Gasteiger partial charge is 0.232 e. The minimum atomic E-state index is -3.41. The first kappa shape index (κ1) is 17.9. The normalized spacial score (nSPS) is 12.3. The zero-order chi connectivity index (χ0) is 15.9. The lowest BCUT2D eigenvalue weighted by Crippen LogP contribution is -2.22. The molecule has 0 amide bonds. The highest BCUT2D eigenvalue weighted by atomic mass is 32.2. The fourth-order valence-corrected chi connectivity index (χ4v) is 3.44. The number of anilines is 1. The van der Waals surface area contributed by atoms with Gasteiger partial charge in [-0.05, 0) is 50.2 Å². The lowest BCUT2D eigenvalue weighted by Gasteiger charge is -2.09. The van der Waals surface area contributed by atoms with E-state index in [0.717, 1.165) is 19.2 Å². The summed E-state index contributed by atoms with van der Waals surface area (Å²) in [4.78, 5) is 0.161. The summed E-state index contributed by atoms with van der Waals surface area (Å²) in [7, 11) is -6.68. The summed E-state index contributed by atoms with van der Waals surface area (Å²) in [6, 6.07) is 5.67. The third-order valence-electron chi connectivity index (χ3n) is 2.75. The molecule has 0 aliphatic rings. The van der Waals surface area contributed by atoms with Gasteiger partial charge in [-0.2, -0.15) is 0 Å². The Labute approximate surface area is 126 Å². The van der Waals surface area contributed by atoms with Crippen molar-refractivity contribution in [3.8, 4) is 0 Å². The predicted molar refractivity (Wildman–Crippen MR) is 84.7 cm³/mol. The van der Waals surface area contributed by atoms with Crippen LogP contribution >= 0.6 is 0 Å². The molecule has 6 nitrogen and oxygen atoms in total. The van der Waals surface area contributed by atoms with Gasteiger partial charge >= 0.3 is 0 Å². The molecule has 0 aliphatic heterocycles. The Balaban J connectivity index is 2.55. The van der Waals surface area contributed by atoms with E-state index in [9.17, 15) is 16.8 Å². The second-order valence-electron chi connectivity index (χ2n) is 4.82. The van der Waals surface area contributed by atoms with E-state index < -0.39 is 19.9 Å². The van der Waals surface area contributed by atoms with Crippen molar-refractivity contribution in [1.82, 2.24) is 5.32 Å². The monoisotopic (exact) mass is 334 g/mol. The summed E-state index contributed by atoms with van der Waals surface area (Å²) in [6.45, 7) is 3.58. The predicted octanol–water partition coefficient (Wildman–Crippen LogP) is 1.22. The summed E-state index contributed by atoms with van der Waals surface area (Å²) in [5.74, 6) is 0.0253. The van der Waals surface area contributed by atoms with Crippen molar-refractivity contribution in [3.63, 3.8) is 0 Å². The van der Waals surface area contributed by atoms with Crippen molar-refractivity contribution in [3.05, 3.63) is 24.3 Å². The molecule has 21 heavy (non-hydrogen) atoms. The first-order valence-corrected chi connectivity index (χ1v) is 10.3. The van der Waals surface area contributed by atoms with E-state index >= 15 is 0 Å². The number of rotatable bonds is 9. The molecule has 0 fully saturated rings. The van der Waals surface area contributed by atoms with Gasteiger partial charge in [0.25, 0.3) is 0 Å². The van der Waals surface area contributed by atoms with Gasteiger partial charge < -0.3 is 5.32 Å². The highest BCUT2D eigenvalue weighted by Gasteiger charge is 2.11. The van der Waals surface area contributed by atoms with Gasteiger partial charge in [0.2, 0.25) is 10.0 Å². The van der Waals surface area contributed by atoms with Crippen LogP contribution in [-0.4, -0.2) is 41.9 Å². The Morgan fingerprint density at radius 1 is 1.00 bits per heavy atom. The highest BCUT2D eigenvalue weighted by molar-refractivity contribution is 7.92. The molecule has 0 spiro atoms. The lowest BCUT2D eigenvalue weighted by molar-refractivity contribution is 0.593. The van der Waals surface area contributed by atoms with E-state index in [-0.39, 0.29) is 10.6 Å². The Morgan fingerprint density at radius 2 is 1.62 bits per heavy atom. The molecule has 0 aliphatic carbocycles. The van der Waals surface area contributed by atoms with Crippen LogP contribution in [0.25, 0.3) is 0 Å². The minimum Gasteiger partial charge on any atom is -0.317 e. The molecule has 8 heteroatoms. The van der Waals surface area contributed by atoms with Crippen molar-refractivity contribution in [2.24, 2.45) is 0 Å². The zero-order valence-corrected chi connectivity index (χ0v) is 13.9. The van der Waals surface area contributed by atoms with E-state index in [4.69, 9.17) is 0 Å². The minimum absolute atomic E-state index is 0.0253. The summed E-state index contributed by atoms with van der Waals surface area (Å²) in [5.41, 5.74) is 0.365. The third-order valence-corrected chi connectivity index (χ3v) is 5.25. The van der Waals surface area contributed by atoms with Gasteiger partial charge in [0, 0.05) is 11.9 Å². The molecule has 1 aromatic rings. The molecule has 0 unspecified atom stereocenters. The van der Waals surface area contributed by atoms with E-state index in [1.807, 2.05) is 6.92 Å². The Bertz CT molecular complexity index is 637. The molecule has 0 heterocycles. The first-order valence-electron chi connectivity index (χ1n) is 6.76. The van der Waals surface area contributed by atoms with Crippen LogP contribution in [0.2, 0.25) is 0 Å². The molecule has 1 aromatic carbocycles. The summed E-state index contributed by atoms with van der Waals surface area (Å²) >= 11 is 0. The molecule has 0 saturated carbocycles. The Morgan fingerprint density at radius 3 is 2.14 bits per heavy atom. The Kier molecular flexibility index (Phi) is 6.63. The molecular weight excluding hydrogens is 312 g/mol. The van der Waals surface area contributed by atoms with Crippen molar-refractivity contribution in [1.29, 1.82) is 0 Å². The molecule has 0 bridgehead atoms. The van der Waals surface area contributed by atoms with E-state index in [2.05, 4.69) is 10.0 Å². The molecule has 0 radical (unpaired) electrons. The molecule has 0 saturated heterocycles. The SMILES string of the molecule is CCCNCCCS(=O)(=O)Nc1ccc(S(C)(=O)=O)cc1. The van der Waals surface area contributed by atoms with Crippen LogP contribution < -0.4 is 10.0 Å². The zero-order valence-electron chi connectivity index (χ0n) is 12.3. The standard InChI is InChI=1S/C13H22N2O4S2/c1-3-9-14-10-4-11-21(18,19)15-12-5-7-13(8-6-12)20(2,16)17/h5-8,14-15H,3-4,9-11H2,1-2H3. The molecular formula is C13H22N2O4S2. The maximum atomic E-state index is 11.9. The van der Waals surface area contributed by atoms with Gasteiger partial charge in [-0.1, -0.05) is 6.92 Å². The average Bonchev–Trinajstić information content (AvgIpc) is 2.37. The topological polar surface area (TPSA) is 92.3 Å². The van der Waals surface area contributed by atoms with Crippen LogP contribution in [0.15, 0.2) is 29.2 Å². The van der Waals surface area contributed by atoms with E-state index in [0.29, 0.717) is 18.7 Å². The lowest BCUT2D eigenvalue weighted by atomic mass is 10.3. The number of sulfonamides is 1. The van der Waals surface area contributed by atoms with Crippen LogP contribution in [0.4, 0.5) is 5.69 Å². The molecule has 0 aromatic heterocycles. The summed E-state index contributed by atoms with van der Waals surface area (Å²) in [6.07, 6.45) is 2.64. The average molecular weight is 334 g/mol. The van der Waals surface area contributed by atoms with Gasteiger partial charge in [0.1, 0.15) is 0 Å². The number of benzene rings is 1. The number of sulfone groups is 1. The fourth-order valence-electron chi connectivity index (χ4n) is 1.69. The van der Waals surface area contributed by atoms with E-state index in [1.54, 1.807) is 0 Å². The second-order valence-corrected chi connectivity index (χ2v) is 8.68. The highest BCUT2D eigenvalue weighted by Crippen LogP contribution is 2.15. The molecule has 2 N–H and O–H groups in total. The van der Waals surface area contributed by atoms with Gasteiger partial charge in [0.05, 0.1) is 10.6 Å². The van der Waals surface area contributed by atoms with Crippen LogP contribution in [0, 0.1) is 0 Å². The number of hydrogen-bond acceptors (Lipinski definition) is 5. The van der Waals surface area contributed by atoms with Crippen molar-refractivity contribution in [2.45, 2.75) is 24.7 Å². The van der Waals surface area contributed by atoms with Crippen LogP contribution in [0.1, 0.15) is 19.8 Å². The molecule has 0 atom stereocenters. The number of nitrogens with one attached hydrogen (secondary N) is 2. The number of hydrogen-bond donors (Lipinski definition) is 2. The largest absolute Gasteiger partial charge is 0.317 e. The maximum absolute atomic E-state index is 11.9. The van der Waals surface area contributed by atoms with Crippen LogP contribution in [-0.2, 0) is 19.9 Å². The first-order chi connectivity index (χ1) is 9.74. The summed E-state index contributed by atoms with van der Waals surface area (Å²) < 4.78 is 48.8. The van der Waals surface area contributed by atoms with Crippen molar-refractivity contribution in [2.75, 3.05) is 29.8 Å². The van der Waals surface area contributed by atoms with E-state index in [1.165, 1.54) is 24.3 Å². The summed E-state index contributed by atoms with van der Waals surface area (Å²) in [5, 5.41) is 3.14. The third kappa shape index (κ3) is 6.92.